The largest absolute Gasteiger partial charge is 0.462 e. The van der Waals surface area contributed by atoms with Gasteiger partial charge in [-0.15, -0.1) is 0 Å². The second-order valence-electron chi connectivity index (χ2n) is 7.88. The van der Waals surface area contributed by atoms with E-state index in [9.17, 15) is 23.6 Å². The molecule has 9 nitrogen and oxygen atoms in total. The summed E-state index contributed by atoms with van der Waals surface area (Å²) in [6.07, 6.45) is 0. The second-order valence-corrected chi connectivity index (χ2v) is 7.88. The van der Waals surface area contributed by atoms with Gasteiger partial charge in [-0.1, -0.05) is 12.1 Å². The van der Waals surface area contributed by atoms with Crippen LogP contribution in [0.4, 0.5) is 10.1 Å². The molecule has 180 valence electrons. The van der Waals surface area contributed by atoms with E-state index >= 15 is 0 Å². The molecule has 1 amide bonds. The van der Waals surface area contributed by atoms with E-state index in [1.165, 1.54) is 22.8 Å². The zero-order valence-corrected chi connectivity index (χ0v) is 19.4. The first kappa shape index (κ1) is 23.7. The highest BCUT2D eigenvalue weighted by atomic mass is 19.1. The third-order valence-electron chi connectivity index (χ3n) is 5.65. The molecule has 0 aliphatic carbocycles. The van der Waals surface area contributed by atoms with E-state index in [0.29, 0.717) is 5.69 Å². The molecule has 0 spiro atoms. The van der Waals surface area contributed by atoms with Gasteiger partial charge in [0.2, 0.25) is 5.91 Å². The van der Waals surface area contributed by atoms with Crippen molar-refractivity contribution in [3.63, 3.8) is 0 Å². The summed E-state index contributed by atoms with van der Waals surface area (Å²) in [4.78, 5) is 51.9. The van der Waals surface area contributed by atoms with Gasteiger partial charge in [0.1, 0.15) is 17.9 Å². The zero-order chi connectivity index (χ0) is 25.3. The number of anilines is 1. The Morgan fingerprint density at radius 3 is 2.43 bits per heavy atom. The third-order valence-corrected chi connectivity index (χ3v) is 5.65. The fourth-order valence-electron chi connectivity index (χ4n) is 3.87. The number of fused-ring (bicyclic) bond motifs is 1. The highest BCUT2D eigenvalue weighted by Crippen LogP contribution is 2.18. The molecule has 1 N–H and O–H groups in total. The number of amides is 1. The summed E-state index contributed by atoms with van der Waals surface area (Å²) >= 11 is 0. The molecule has 0 fully saturated rings. The van der Waals surface area contributed by atoms with Gasteiger partial charge in [0.15, 0.2) is 0 Å². The van der Waals surface area contributed by atoms with Crippen LogP contribution < -0.4 is 16.6 Å². The number of hydrogen-bond acceptors (Lipinski definition) is 5. The standard InChI is InChI=1S/C25H23FN4O5/c1-4-35-24(33)18-7-5-6-8-19(18)27-21(31)14-29-20-13-15(2)28(3)22(20)23(32)30(25(29)34)17-11-9-16(26)10-12-17/h5-13H,4,14H2,1-3H3,(H,27,31). The van der Waals surface area contributed by atoms with Crippen molar-refractivity contribution in [1.82, 2.24) is 13.7 Å². The molecule has 0 radical (unpaired) electrons. The number of para-hydroxylation sites is 1. The molecule has 0 saturated heterocycles. The van der Waals surface area contributed by atoms with Crippen molar-refractivity contribution in [2.45, 2.75) is 20.4 Å². The number of halogens is 1. The number of rotatable bonds is 6. The van der Waals surface area contributed by atoms with Gasteiger partial charge in [-0.25, -0.2) is 18.5 Å². The fraction of sp³-hybridized carbons (Fsp3) is 0.200. The minimum absolute atomic E-state index is 0.170. The van der Waals surface area contributed by atoms with Crippen LogP contribution in [0.25, 0.3) is 16.7 Å². The second kappa shape index (κ2) is 9.41. The predicted octanol–water partition coefficient (Wildman–Crippen LogP) is 2.75. The first-order valence-corrected chi connectivity index (χ1v) is 10.9. The van der Waals surface area contributed by atoms with Crippen LogP contribution in [0.15, 0.2) is 64.2 Å². The fourth-order valence-corrected chi connectivity index (χ4v) is 3.87. The van der Waals surface area contributed by atoms with Gasteiger partial charge < -0.3 is 14.6 Å². The first-order valence-electron chi connectivity index (χ1n) is 10.9. The molecular weight excluding hydrogens is 455 g/mol. The molecule has 0 unspecified atom stereocenters. The molecular formula is C25H23FN4O5. The van der Waals surface area contributed by atoms with E-state index in [2.05, 4.69) is 5.32 Å². The highest BCUT2D eigenvalue weighted by molar-refractivity contribution is 6.01. The lowest BCUT2D eigenvalue weighted by Gasteiger charge is -2.14. The Balaban J connectivity index is 1.80. The molecule has 2 aromatic carbocycles. The number of aryl methyl sites for hydroxylation is 2. The summed E-state index contributed by atoms with van der Waals surface area (Å²) in [7, 11) is 1.68. The number of hydrogen-bond donors (Lipinski definition) is 1. The van der Waals surface area contributed by atoms with Crippen LogP contribution in [0, 0.1) is 12.7 Å². The van der Waals surface area contributed by atoms with Crippen LogP contribution >= 0.6 is 0 Å². The maximum absolute atomic E-state index is 13.5. The minimum atomic E-state index is -0.756. The molecule has 0 saturated carbocycles. The maximum Gasteiger partial charge on any atom is 0.340 e. The SMILES string of the molecule is CCOC(=O)c1ccccc1NC(=O)Cn1c(=O)n(-c2ccc(F)cc2)c(=O)c2c1cc(C)n2C. The summed E-state index contributed by atoms with van der Waals surface area (Å²) in [5.74, 6) is -1.69. The number of esters is 1. The van der Waals surface area contributed by atoms with Crippen LogP contribution in [0.2, 0.25) is 0 Å². The van der Waals surface area contributed by atoms with Crippen molar-refractivity contribution in [3.8, 4) is 5.69 Å². The first-order chi connectivity index (χ1) is 16.7. The summed E-state index contributed by atoms with van der Waals surface area (Å²) < 4.78 is 22.2. The molecule has 2 aromatic heterocycles. The Morgan fingerprint density at radius 1 is 1.06 bits per heavy atom. The lowest BCUT2D eigenvalue weighted by atomic mass is 10.2. The number of carbonyl (C=O) groups is 2. The van der Waals surface area contributed by atoms with Gasteiger partial charge in [-0.05, 0) is 56.3 Å². The molecule has 0 atom stereocenters. The molecule has 0 aliphatic heterocycles. The van der Waals surface area contributed by atoms with E-state index < -0.39 is 35.5 Å². The molecule has 0 bridgehead atoms. The van der Waals surface area contributed by atoms with Crippen molar-refractivity contribution < 1.29 is 18.7 Å². The van der Waals surface area contributed by atoms with Gasteiger partial charge in [0.25, 0.3) is 5.56 Å². The smallest absolute Gasteiger partial charge is 0.340 e. The molecule has 10 heteroatoms. The van der Waals surface area contributed by atoms with Crippen molar-refractivity contribution in [2.24, 2.45) is 7.05 Å². The minimum Gasteiger partial charge on any atom is -0.462 e. The van der Waals surface area contributed by atoms with E-state index in [1.54, 1.807) is 49.7 Å². The number of benzene rings is 2. The number of carbonyl (C=O) groups excluding carboxylic acids is 2. The van der Waals surface area contributed by atoms with Crippen molar-refractivity contribution >= 4 is 28.6 Å². The highest BCUT2D eigenvalue weighted by Gasteiger charge is 2.21. The Morgan fingerprint density at radius 2 is 1.74 bits per heavy atom. The molecule has 0 aliphatic rings. The Hall–Kier alpha value is -4.47. The van der Waals surface area contributed by atoms with Crippen molar-refractivity contribution in [2.75, 3.05) is 11.9 Å². The molecule has 4 aromatic rings. The van der Waals surface area contributed by atoms with E-state index in [-0.39, 0.29) is 34.6 Å². The molecule has 4 rings (SSSR count). The monoisotopic (exact) mass is 478 g/mol. The average molecular weight is 478 g/mol. The van der Waals surface area contributed by atoms with Crippen LogP contribution in [-0.2, 0) is 23.1 Å². The van der Waals surface area contributed by atoms with E-state index in [1.807, 2.05) is 0 Å². The summed E-state index contributed by atoms with van der Waals surface area (Å²) in [5, 5.41) is 2.65. The van der Waals surface area contributed by atoms with Gasteiger partial charge in [0.05, 0.1) is 29.1 Å². The van der Waals surface area contributed by atoms with Crippen LogP contribution in [0.1, 0.15) is 23.0 Å². The van der Waals surface area contributed by atoms with Crippen molar-refractivity contribution in [1.29, 1.82) is 0 Å². The van der Waals surface area contributed by atoms with Crippen LogP contribution in [-0.4, -0.2) is 32.2 Å². The zero-order valence-electron chi connectivity index (χ0n) is 19.4. The summed E-state index contributed by atoms with van der Waals surface area (Å²) in [6, 6.07) is 12.9. The lowest BCUT2D eigenvalue weighted by Crippen LogP contribution is -2.41. The normalized spacial score (nSPS) is 11.0. The predicted molar refractivity (Wildman–Crippen MR) is 128 cm³/mol. The topological polar surface area (TPSA) is 104 Å². The van der Waals surface area contributed by atoms with Gasteiger partial charge in [0, 0.05) is 12.7 Å². The summed E-state index contributed by atoms with van der Waals surface area (Å²) in [5.41, 5.74) is 0.436. The maximum atomic E-state index is 13.5. The number of aromatic nitrogens is 3. The van der Waals surface area contributed by atoms with E-state index in [4.69, 9.17) is 4.74 Å². The Bertz CT molecular complexity index is 1560. The van der Waals surface area contributed by atoms with Gasteiger partial charge >= 0.3 is 11.7 Å². The van der Waals surface area contributed by atoms with Crippen molar-refractivity contribution in [3.05, 3.63) is 92.5 Å². The lowest BCUT2D eigenvalue weighted by molar-refractivity contribution is -0.116. The Kier molecular flexibility index (Phi) is 6.37. The van der Waals surface area contributed by atoms with E-state index in [0.717, 1.165) is 16.7 Å². The quantitative estimate of drug-likeness (QED) is 0.429. The third kappa shape index (κ3) is 4.37. The Labute approximate surface area is 199 Å². The summed E-state index contributed by atoms with van der Waals surface area (Å²) in [6.45, 7) is 3.19. The number of nitrogens with zero attached hydrogens (tertiary/aromatic N) is 3. The van der Waals surface area contributed by atoms with Crippen LogP contribution in [0.5, 0.6) is 0 Å². The van der Waals surface area contributed by atoms with Crippen LogP contribution in [0.3, 0.4) is 0 Å². The van der Waals surface area contributed by atoms with Gasteiger partial charge in [-0.3, -0.25) is 14.2 Å². The van der Waals surface area contributed by atoms with Gasteiger partial charge in [-0.2, -0.15) is 0 Å². The number of ether oxygens (including phenoxy) is 1. The number of nitrogens with one attached hydrogen (secondary N) is 1. The molecule has 2 heterocycles. The molecule has 35 heavy (non-hydrogen) atoms. The average Bonchev–Trinajstić information content (AvgIpc) is 3.12.